The van der Waals surface area contributed by atoms with Crippen LogP contribution in [0.3, 0.4) is 0 Å². The lowest BCUT2D eigenvalue weighted by Gasteiger charge is -2.40. The first-order valence-electron chi connectivity index (χ1n) is 14.5. The van der Waals surface area contributed by atoms with Crippen molar-refractivity contribution in [3.8, 4) is 28.7 Å². The Balaban J connectivity index is 1.43. The molecule has 3 aromatic rings. The van der Waals surface area contributed by atoms with Crippen molar-refractivity contribution in [1.29, 1.82) is 0 Å². The van der Waals surface area contributed by atoms with Gasteiger partial charge in [0.05, 0.1) is 27.2 Å². The van der Waals surface area contributed by atoms with E-state index in [9.17, 15) is 24.6 Å². The highest BCUT2D eigenvalue weighted by molar-refractivity contribution is 6.35. The van der Waals surface area contributed by atoms with Crippen LogP contribution in [-0.4, -0.2) is 82.7 Å². The topological polar surface area (TPSA) is 171 Å². The second-order valence-electron chi connectivity index (χ2n) is 11.6. The Morgan fingerprint density at radius 1 is 1.11 bits per heavy atom. The summed E-state index contributed by atoms with van der Waals surface area (Å²) in [5.74, 6) is -2.93. The molecule has 1 fully saturated rings. The highest BCUT2D eigenvalue weighted by atomic mass is 35.5. The van der Waals surface area contributed by atoms with Crippen molar-refractivity contribution in [2.45, 2.75) is 44.1 Å². The van der Waals surface area contributed by atoms with Crippen molar-refractivity contribution in [3.63, 3.8) is 0 Å². The van der Waals surface area contributed by atoms with Crippen LogP contribution in [0.4, 0.5) is 0 Å². The number of benzene rings is 2. The molecular weight excluding hydrogens is 622 g/mol. The maximum atomic E-state index is 14.3. The number of aromatic hydroxyl groups is 1. The number of methoxy groups -OCH3 is 3. The smallest absolute Gasteiger partial charge is 0.233 e. The fourth-order valence-electron chi connectivity index (χ4n) is 6.46. The number of rotatable bonds is 8. The van der Waals surface area contributed by atoms with Crippen LogP contribution in [0.15, 0.2) is 40.1 Å². The second kappa shape index (κ2) is 11.5. The SMILES string of the molecule is COc1cc(C(CC(=O)N2CC(c3nc(C)no3)C2)C2=C(O)[C@@]3(Oc4c(Cl)c(OC)cc(OC)c4C3=O)[C@H](C)CC2=O)ccc1O. The molecule has 0 bridgehead atoms. The van der Waals surface area contributed by atoms with Gasteiger partial charge in [0.25, 0.3) is 0 Å². The Kier molecular flexibility index (Phi) is 7.83. The molecule has 2 aliphatic heterocycles. The van der Waals surface area contributed by atoms with E-state index in [1.165, 1.54) is 45.6 Å². The van der Waals surface area contributed by atoms with Gasteiger partial charge in [-0.1, -0.05) is 29.7 Å². The van der Waals surface area contributed by atoms with E-state index in [0.717, 1.165) is 0 Å². The summed E-state index contributed by atoms with van der Waals surface area (Å²) >= 11 is 6.58. The number of Topliss-reactive ketones (excluding diaryl/α,β-unsaturated/α-hetero) is 2. The van der Waals surface area contributed by atoms with E-state index in [1.807, 2.05) is 0 Å². The van der Waals surface area contributed by atoms with Gasteiger partial charge in [-0.25, -0.2) is 0 Å². The minimum Gasteiger partial charge on any atom is -0.507 e. The Hall–Kier alpha value is -4.78. The molecule has 3 heterocycles. The van der Waals surface area contributed by atoms with Gasteiger partial charge in [0.2, 0.25) is 23.2 Å². The van der Waals surface area contributed by atoms with Gasteiger partial charge in [-0.3, -0.25) is 14.4 Å². The van der Waals surface area contributed by atoms with Gasteiger partial charge in [-0.05, 0) is 24.6 Å². The minimum atomic E-state index is -2.03. The number of aliphatic hydroxyl groups is 1. The Morgan fingerprint density at radius 3 is 2.43 bits per heavy atom. The molecule has 2 aromatic carbocycles. The maximum absolute atomic E-state index is 14.3. The monoisotopic (exact) mass is 653 g/mol. The quantitative estimate of drug-likeness (QED) is 0.354. The number of ether oxygens (including phenoxy) is 4. The molecule has 14 heteroatoms. The summed E-state index contributed by atoms with van der Waals surface area (Å²) < 4.78 is 27.6. The lowest BCUT2D eigenvalue weighted by molar-refractivity contribution is -0.136. The van der Waals surface area contributed by atoms with Gasteiger partial charge in [0, 0.05) is 49.4 Å². The number of likely N-dealkylation sites (tertiary alicyclic amines) is 1. The average molecular weight is 654 g/mol. The van der Waals surface area contributed by atoms with E-state index in [-0.39, 0.29) is 69.6 Å². The van der Waals surface area contributed by atoms with Crippen LogP contribution in [0.5, 0.6) is 28.7 Å². The minimum absolute atomic E-state index is 0.000696. The zero-order valence-electron chi connectivity index (χ0n) is 25.7. The summed E-state index contributed by atoms with van der Waals surface area (Å²) in [6, 6.07) is 5.84. The predicted molar refractivity (Wildman–Crippen MR) is 161 cm³/mol. The van der Waals surface area contributed by atoms with E-state index >= 15 is 0 Å². The maximum Gasteiger partial charge on any atom is 0.233 e. The Morgan fingerprint density at radius 2 is 1.80 bits per heavy atom. The number of aliphatic hydroxyl groups excluding tert-OH is 1. The molecule has 13 nitrogen and oxygen atoms in total. The lowest BCUT2D eigenvalue weighted by Crippen LogP contribution is -2.53. The molecular formula is C32H32ClN3O10. The van der Waals surface area contributed by atoms with Crippen LogP contribution in [0.1, 0.15) is 59.2 Å². The first kappa shape index (κ1) is 31.2. The van der Waals surface area contributed by atoms with Gasteiger partial charge in [-0.15, -0.1) is 0 Å². The summed E-state index contributed by atoms with van der Waals surface area (Å²) in [4.78, 5) is 47.7. The molecule has 1 spiro atoms. The zero-order valence-corrected chi connectivity index (χ0v) is 26.5. The van der Waals surface area contributed by atoms with E-state index in [2.05, 4.69) is 10.1 Å². The molecule has 242 valence electrons. The average Bonchev–Trinajstić information content (AvgIpc) is 3.57. The lowest BCUT2D eigenvalue weighted by atomic mass is 9.69. The number of halogens is 1. The van der Waals surface area contributed by atoms with Crippen LogP contribution in [0, 0.1) is 12.8 Å². The predicted octanol–water partition coefficient (Wildman–Crippen LogP) is 4.30. The standard InChI is InChI=1S/C32H32ClN3O10/c1-14-8-20(38)25(29(40)32(14)30(41)26-22(43-4)11-23(44-5)27(33)28(26)45-32)18(16-6-7-19(37)21(9-16)42-3)10-24(39)36-12-17(13-36)31-34-15(2)35-46-31/h6-7,9,11,14,17-18,37,40H,8,10,12-13H2,1-5H3/t14-,18?,32+/m1/s1. The van der Waals surface area contributed by atoms with Crippen molar-refractivity contribution in [3.05, 3.63) is 63.5 Å². The summed E-state index contributed by atoms with van der Waals surface area (Å²) in [5.41, 5.74) is -1.80. The van der Waals surface area contributed by atoms with Crippen molar-refractivity contribution in [2.24, 2.45) is 5.92 Å². The number of ketones is 2. The molecule has 1 aliphatic carbocycles. The van der Waals surface area contributed by atoms with Gasteiger partial charge in [0.1, 0.15) is 22.1 Å². The van der Waals surface area contributed by atoms with Gasteiger partial charge < -0.3 is 38.6 Å². The molecule has 1 saturated heterocycles. The van der Waals surface area contributed by atoms with Crippen molar-refractivity contribution < 1.29 is 48.1 Å². The summed E-state index contributed by atoms with van der Waals surface area (Å²) in [6.07, 6.45) is -0.434. The Labute approximate surface area is 268 Å². The number of hydrogen-bond donors (Lipinski definition) is 2. The number of carbonyl (C=O) groups excluding carboxylic acids is 3. The molecule has 2 N–H and O–H groups in total. The highest BCUT2D eigenvalue weighted by Crippen LogP contribution is 2.56. The van der Waals surface area contributed by atoms with Crippen LogP contribution in [-0.2, 0) is 9.59 Å². The first-order valence-corrected chi connectivity index (χ1v) is 14.9. The number of aryl methyl sites for hydroxylation is 1. The number of fused-ring (bicyclic) bond motifs is 1. The molecule has 46 heavy (non-hydrogen) atoms. The summed E-state index contributed by atoms with van der Waals surface area (Å²) in [5, 5.41) is 26.2. The number of phenols is 1. The van der Waals surface area contributed by atoms with Crippen molar-refractivity contribution in [2.75, 3.05) is 34.4 Å². The number of carbonyl (C=O) groups is 3. The summed E-state index contributed by atoms with van der Waals surface area (Å²) in [7, 11) is 4.13. The first-order chi connectivity index (χ1) is 21.9. The third-order valence-corrected chi connectivity index (χ3v) is 9.33. The number of nitrogens with zero attached hydrogens (tertiary/aromatic N) is 3. The number of hydrogen-bond acceptors (Lipinski definition) is 12. The third kappa shape index (κ3) is 4.72. The molecule has 1 amide bonds. The van der Waals surface area contributed by atoms with E-state index < -0.39 is 34.8 Å². The normalized spacial score (nSPS) is 21.6. The molecule has 3 atom stereocenters. The zero-order chi connectivity index (χ0) is 33.1. The van der Waals surface area contributed by atoms with Crippen LogP contribution in [0.2, 0.25) is 5.02 Å². The van der Waals surface area contributed by atoms with E-state index in [1.54, 1.807) is 18.7 Å². The van der Waals surface area contributed by atoms with Crippen LogP contribution in [0.25, 0.3) is 0 Å². The van der Waals surface area contributed by atoms with Crippen LogP contribution < -0.4 is 18.9 Å². The number of allylic oxidation sites excluding steroid dienone is 1. The summed E-state index contributed by atoms with van der Waals surface area (Å²) in [6.45, 7) is 3.97. The van der Waals surface area contributed by atoms with Crippen molar-refractivity contribution >= 4 is 29.1 Å². The van der Waals surface area contributed by atoms with Crippen LogP contribution >= 0.6 is 11.6 Å². The highest BCUT2D eigenvalue weighted by Gasteiger charge is 2.61. The number of aromatic nitrogens is 2. The molecule has 3 aliphatic rings. The Bertz CT molecular complexity index is 1800. The molecule has 1 aromatic heterocycles. The molecule has 0 radical (unpaired) electrons. The molecule has 1 unspecified atom stereocenters. The second-order valence-corrected chi connectivity index (χ2v) is 12.0. The third-order valence-electron chi connectivity index (χ3n) is 8.97. The number of amides is 1. The van der Waals surface area contributed by atoms with Gasteiger partial charge >= 0.3 is 0 Å². The number of phenolic OH excluding ortho intramolecular Hbond substituents is 1. The van der Waals surface area contributed by atoms with E-state index in [0.29, 0.717) is 30.4 Å². The largest absolute Gasteiger partial charge is 0.507 e. The molecule has 6 rings (SSSR count). The molecule has 0 saturated carbocycles. The van der Waals surface area contributed by atoms with Gasteiger partial charge in [-0.2, -0.15) is 4.98 Å². The fourth-order valence-corrected chi connectivity index (χ4v) is 6.72. The van der Waals surface area contributed by atoms with Crippen molar-refractivity contribution in [1.82, 2.24) is 15.0 Å². The van der Waals surface area contributed by atoms with E-state index in [4.69, 9.17) is 35.1 Å². The fraction of sp³-hybridized carbons (Fsp3) is 0.406. The van der Waals surface area contributed by atoms with Gasteiger partial charge in [0.15, 0.2) is 34.6 Å².